The van der Waals surface area contributed by atoms with Crippen LogP contribution in [0.2, 0.25) is 56.7 Å². The van der Waals surface area contributed by atoms with Crippen molar-refractivity contribution in [3.05, 3.63) is 105 Å². The van der Waals surface area contributed by atoms with Gasteiger partial charge in [0.1, 0.15) is 53.6 Å². The van der Waals surface area contributed by atoms with Crippen molar-refractivity contribution >= 4 is 61.4 Å². The van der Waals surface area contributed by atoms with Crippen LogP contribution in [0.4, 0.5) is 0 Å². The van der Waals surface area contributed by atoms with Gasteiger partial charge in [0.2, 0.25) is 5.28 Å². The van der Waals surface area contributed by atoms with Gasteiger partial charge in [-0.1, -0.05) is 78.8 Å². The normalized spacial score (nSPS) is 18.3. The van der Waals surface area contributed by atoms with E-state index >= 15 is 0 Å². The first kappa shape index (κ1) is 53.0. The van der Waals surface area contributed by atoms with Crippen LogP contribution in [0.5, 0.6) is 0 Å². The molecule has 8 aromatic rings. The van der Waals surface area contributed by atoms with Gasteiger partial charge in [0, 0.05) is 66.2 Å². The second-order valence-corrected chi connectivity index (χ2v) is 33.5. The van der Waals surface area contributed by atoms with Gasteiger partial charge in [0.15, 0.2) is 17.1 Å². The van der Waals surface area contributed by atoms with E-state index in [-0.39, 0.29) is 42.2 Å². The molecule has 8 heterocycles. The smallest absolute Gasteiger partial charge is 0.332 e. The van der Waals surface area contributed by atoms with Gasteiger partial charge in [-0.2, -0.15) is 15.5 Å². The van der Waals surface area contributed by atoms with Crippen molar-refractivity contribution in [1.82, 2.24) is 57.0 Å². The van der Waals surface area contributed by atoms with Crippen molar-refractivity contribution in [2.24, 2.45) is 11.8 Å². The summed E-state index contributed by atoms with van der Waals surface area (Å²) in [4.78, 5) is 53.4. The maximum absolute atomic E-state index is 13.8. The molecule has 2 aliphatic rings. The van der Waals surface area contributed by atoms with E-state index in [0.717, 1.165) is 56.3 Å². The predicted octanol–water partition coefficient (Wildman–Crippen LogP) is 10.4. The number of rotatable bonds is 13. The Labute approximate surface area is 432 Å². The fourth-order valence-electron chi connectivity index (χ4n) is 9.69. The number of hydrogen-bond donors (Lipinski definition) is 0. The Morgan fingerprint density at radius 3 is 1.73 bits per heavy atom. The van der Waals surface area contributed by atoms with Crippen molar-refractivity contribution < 1.29 is 9.47 Å². The lowest BCUT2D eigenvalue weighted by Gasteiger charge is -2.29. The number of pyridine rings is 2. The fraction of sp³-hybridized carbons (Fsp3) is 0.500. The van der Waals surface area contributed by atoms with E-state index in [1.807, 2.05) is 30.2 Å². The summed E-state index contributed by atoms with van der Waals surface area (Å²) < 4.78 is 22.5. The molecule has 10 rings (SSSR count). The van der Waals surface area contributed by atoms with Gasteiger partial charge >= 0.3 is 11.4 Å². The maximum atomic E-state index is 13.8. The second-order valence-electron chi connectivity index (χ2n) is 21.9. The van der Waals surface area contributed by atoms with Crippen molar-refractivity contribution in [3.8, 4) is 23.7 Å². The topological polar surface area (TPSA) is 206 Å². The highest BCUT2D eigenvalue weighted by Crippen LogP contribution is 2.36. The molecule has 21 heteroatoms. The molecule has 0 bridgehead atoms. The fourth-order valence-corrected chi connectivity index (χ4v) is 11.3. The lowest BCUT2D eigenvalue weighted by molar-refractivity contribution is 0.0862. The molecule has 4 atom stereocenters. The first-order chi connectivity index (χ1) is 34.9. The first-order valence-corrected chi connectivity index (χ1v) is 33.2. The van der Waals surface area contributed by atoms with E-state index in [4.69, 9.17) is 31.3 Å². The Balaban J connectivity index is 0.000000166. The molecule has 2 aliphatic carbocycles. The SMILES string of the molecule is C[C@@H]1CCCC[C@@H]1n1c(=O)n(COCC[Si](C)(C)C)c2cnc(-c3cnc4ccc(C#N)cn34)nc21.C[C@@H]1CCCC[C@@H]1n1c(=O)n(COCC[Si](C)(C)C)c2cnc(Cl)nc21.N#Cc1ccc2nccn2c1. The van der Waals surface area contributed by atoms with Crippen LogP contribution in [0.25, 0.3) is 45.1 Å². The monoisotopic (exact) mass is 1040 g/mol. The predicted molar refractivity (Wildman–Crippen MR) is 289 cm³/mol. The standard InChI is InChI=1S/C26H33N7O2Si.C18H29ClN4O2Si.C8H5N3/c1-18-7-5-6-8-20(18)33-25-22(32(26(33)34)17-35-11-12-36(2,3)4)15-29-24(30-25)21-14-28-23-10-9-19(13-27)16-31(21)23;1-13-7-5-6-8-14(13)23-16-15(11-20-17(19)21-16)22(18(23)24)12-25-9-10-26(2,3)4;9-5-7-1-2-8-10-3-4-11(8)6-7/h9-10,14-16,18,20H,5-8,11-12,17H2,1-4H3;11,13-14H,5-10,12H2,1-4H3;1-4,6H/t18-,20+;13-,14+;/m11./s1. The van der Waals surface area contributed by atoms with Crippen molar-refractivity contribution in [1.29, 1.82) is 10.5 Å². The minimum atomic E-state index is -1.23. The van der Waals surface area contributed by atoms with Gasteiger partial charge in [0.05, 0.1) is 29.7 Å². The van der Waals surface area contributed by atoms with Gasteiger partial charge in [-0.25, -0.2) is 34.5 Å². The number of nitriles is 2. The first-order valence-electron chi connectivity index (χ1n) is 25.4. The summed E-state index contributed by atoms with van der Waals surface area (Å²) in [6.45, 7) is 20.1. The highest BCUT2D eigenvalue weighted by atomic mass is 35.5. The molecule has 0 amide bonds. The molecule has 0 unspecified atom stereocenters. The van der Waals surface area contributed by atoms with E-state index in [9.17, 15) is 14.9 Å². The lowest BCUT2D eigenvalue weighted by Crippen LogP contribution is -2.32. The summed E-state index contributed by atoms with van der Waals surface area (Å²) in [7, 11) is -2.39. The molecule has 0 N–H and O–H groups in total. The average Bonchev–Trinajstić information content (AvgIpc) is 4.13. The number of imidazole rings is 4. The molecular weight excluding hydrogens is 976 g/mol. The summed E-state index contributed by atoms with van der Waals surface area (Å²) in [5, 5.41) is 18.1. The van der Waals surface area contributed by atoms with Crippen molar-refractivity contribution in [3.63, 3.8) is 0 Å². The third-order valence-electron chi connectivity index (χ3n) is 14.0. The van der Waals surface area contributed by atoms with Crippen LogP contribution in [0.1, 0.15) is 88.4 Å². The minimum absolute atomic E-state index is 0.0664. The number of halogens is 1. The van der Waals surface area contributed by atoms with E-state index in [1.54, 1.807) is 64.5 Å². The zero-order valence-electron chi connectivity index (χ0n) is 43.3. The zero-order chi connectivity index (χ0) is 52.0. The van der Waals surface area contributed by atoms with Crippen LogP contribution in [0, 0.1) is 34.5 Å². The Morgan fingerprint density at radius 1 is 0.658 bits per heavy atom. The maximum Gasteiger partial charge on any atom is 0.332 e. The van der Waals surface area contributed by atoms with E-state index in [2.05, 4.69) is 90.2 Å². The Morgan fingerprint density at radius 2 is 1.18 bits per heavy atom. The van der Waals surface area contributed by atoms with Crippen LogP contribution in [0.15, 0.2) is 77.2 Å². The third kappa shape index (κ3) is 12.4. The van der Waals surface area contributed by atoms with Crippen molar-refractivity contribution in [2.75, 3.05) is 13.2 Å². The van der Waals surface area contributed by atoms with Crippen LogP contribution in [-0.4, -0.2) is 86.3 Å². The summed E-state index contributed by atoms with van der Waals surface area (Å²) in [6.07, 6.45) is 20.9. The number of aromatic nitrogens is 12. The highest BCUT2D eigenvalue weighted by Gasteiger charge is 2.31. The van der Waals surface area contributed by atoms with E-state index in [1.165, 1.54) is 12.8 Å². The molecule has 2 fully saturated rings. The molecule has 0 radical (unpaired) electrons. The molecule has 0 aromatic carbocycles. The van der Waals surface area contributed by atoms with Gasteiger partial charge in [-0.15, -0.1) is 0 Å². The summed E-state index contributed by atoms with van der Waals surface area (Å²) in [6, 6.07) is 13.7. The summed E-state index contributed by atoms with van der Waals surface area (Å²) in [5.74, 6) is 1.30. The molecule has 0 aliphatic heterocycles. The van der Waals surface area contributed by atoms with Crippen LogP contribution < -0.4 is 11.4 Å². The van der Waals surface area contributed by atoms with E-state index < -0.39 is 16.1 Å². The summed E-state index contributed by atoms with van der Waals surface area (Å²) in [5.41, 5.74) is 5.91. The van der Waals surface area contributed by atoms with Crippen LogP contribution in [-0.2, 0) is 22.9 Å². The molecule has 0 saturated heterocycles. The number of ether oxygens (including phenoxy) is 2. The Kier molecular flexibility index (Phi) is 16.6. The van der Waals surface area contributed by atoms with Crippen LogP contribution >= 0.6 is 11.6 Å². The lowest BCUT2D eigenvalue weighted by atomic mass is 9.86. The molecule has 2 saturated carbocycles. The quantitative estimate of drug-likeness (QED) is 0.0601. The van der Waals surface area contributed by atoms with Crippen molar-refractivity contribution in [2.45, 2.75) is 142 Å². The third-order valence-corrected chi connectivity index (χ3v) is 17.6. The Bertz CT molecular complexity index is 3420. The van der Waals surface area contributed by atoms with Gasteiger partial charge < -0.3 is 13.9 Å². The molecule has 384 valence electrons. The summed E-state index contributed by atoms with van der Waals surface area (Å²) >= 11 is 6.03. The van der Waals surface area contributed by atoms with E-state index in [0.29, 0.717) is 75.7 Å². The van der Waals surface area contributed by atoms with Crippen LogP contribution in [0.3, 0.4) is 0 Å². The van der Waals surface area contributed by atoms with Gasteiger partial charge in [0.25, 0.3) is 0 Å². The number of fused-ring (bicyclic) bond motifs is 4. The highest BCUT2D eigenvalue weighted by molar-refractivity contribution is 6.76. The molecular formula is C52H67ClN14O4Si2. The van der Waals surface area contributed by atoms with Gasteiger partial charge in [-0.3, -0.25) is 22.7 Å². The molecule has 8 aromatic heterocycles. The molecule has 18 nitrogen and oxygen atoms in total. The Hall–Kier alpha value is -6.30. The minimum Gasteiger partial charge on any atom is -0.361 e. The average molecular weight is 1040 g/mol. The molecule has 0 spiro atoms. The van der Waals surface area contributed by atoms with Gasteiger partial charge in [-0.05, 0) is 85.5 Å². The molecule has 73 heavy (non-hydrogen) atoms. The largest absolute Gasteiger partial charge is 0.361 e. The number of nitrogens with zero attached hydrogens (tertiary/aromatic N) is 14. The zero-order valence-corrected chi connectivity index (χ0v) is 46.1. The number of hydrogen-bond acceptors (Lipinski definition) is 12. The second kappa shape index (κ2) is 22.9.